The zero-order valence-electron chi connectivity index (χ0n) is 17.8. The van der Waals surface area contributed by atoms with Crippen LogP contribution < -0.4 is 4.90 Å². The molecule has 2 aliphatic rings. The van der Waals surface area contributed by atoms with Gasteiger partial charge in [-0.15, -0.1) is 10.2 Å². The van der Waals surface area contributed by atoms with Gasteiger partial charge in [0.25, 0.3) is 0 Å². The lowest BCUT2D eigenvalue weighted by Gasteiger charge is -2.33. The van der Waals surface area contributed by atoms with Gasteiger partial charge in [-0.25, -0.2) is 4.39 Å². The molecule has 2 fully saturated rings. The first-order chi connectivity index (χ1) is 16.0. The first kappa shape index (κ1) is 22.0. The largest absolute Gasteiger partial charge is 0.342 e. The van der Waals surface area contributed by atoms with Crippen LogP contribution in [0, 0.1) is 11.7 Å². The van der Waals surface area contributed by atoms with Crippen LogP contribution >= 0.6 is 22.9 Å². The first-order valence-corrected chi connectivity index (χ1v) is 12.1. The molecule has 0 bridgehead atoms. The molecule has 0 aliphatic carbocycles. The molecule has 2 atom stereocenters. The average molecular weight is 485 g/mol. The van der Waals surface area contributed by atoms with E-state index < -0.39 is 0 Å². The SMILES string of the molecule is O=C([C@H]1CC(=O)N(c2ccc(Cl)cc2)C1)N1CCC[C@H](c2nnc(-c3ccccc3F)s2)C1. The number of hydrogen-bond acceptors (Lipinski definition) is 5. The van der Waals surface area contributed by atoms with Gasteiger partial charge in [0.2, 0.25) is 11.8 Å². The van der Waals surface area contributed by atoms with Gasteiger partial charge in [-0.05, 0) is 49.2 Å². The zero-order chi connectivity index (χ0) is 22.9. The smallest absolute Gasteiger partial charge is 0.228 e. The molecule has 3 heterocycles. The fourth-order valence-electron chi connectivity index (χ4n) is 4.52. The Morgan fingerprint density at radius 1 is 1.09 bits per heavy atom. The van der Waals surface area contributed by atoms with Crippen LogP contribution in [0.4, 0.5) is 10.1 Å². The van der Waals surface area contributed by atoms with Crippen LogP contribution in [0.15, 0.2) is 48.5 Å². The highest BCUT2D eigenvalue weighted by Crippen LogP contribution is 2.35. The summed E-state index contributed by atoms with van der Waals surface area (Å²) < 4.78 is 14.1. The maximum Gasteiger partial charge on any atom is 0.228 e. The lowest BCUT2D eigenvalue weighted by atomic mass is 9.97. The lowest BCUT2D eigenvalue weighted by Crippen LogP contribution is -2.43. The molecule has 3 aromatic rings. The van der Waals surface area contributed by atoms with Crippen molar-refractivity contribution in [1.82, 2.24) is 15.1 Å². The fraction of sp³-hybridized carbons (Fsp3) is 0.333. The van der Waals surface area contributed by atoms with E-state index in [1.54, 1.807) is 47.4 Å². The average Bonchev–Trinajstić information content (AvgIpc) is 3.47. The van der Waals surface area contributed by atoms with E-state index in [1.807, 2.05) is 4.90 Å². The number of anilines is 1. The van der Waals surface area contributed by atoms with Crippen molar-refractivity contribution in [3.8, 4) is 10.6 Å². The molecule has 170 valence electrons. The number of amides is 2. The molecule has 5 rings (SSSR count). The summed E-state index contributed by atoms with van der Waals surface area (Å²) in [6.45, 7) is 1.58. The van der Waals surface area contributed by atoms with Gasteiger partial charge in [-0.1, -0.05) is 35.1 Å². The van der Waals surface area contributed by atoms with Crippen molar-refractivity contribution in [1.29, 1.82) is 0 Å². The van der Waals surface area contributed by atoms with Gasteiger partial charge in [-0.3, -0.25) is 9.59 Å². The van der Waals surface area contributed by atoms with E-state index in [2.05, 4.69) is 10.2 Å². The van der Waals surface area contributed by atoms with Gasteiger partial charge in [0.05, 0.1) is 5.92 Å². The molecular weight excluding hydrogens is 463 g/mol. The lowest BCUT2D eigenvalue weighted by molar-refractivity contribution is -0.137. The monoisotopic (exact) mass is 484 g/mol. The molecule has 0 N–H and O–H groups in total. The highest BCUT2D eigenvalue weighted by atomic mass is 35.5. The van der Waals surface area contributed by atoms with Gasteiger partial charge in [0.1, 0.15) is 10.8 Å². The van der Waals surface area contributed by atoms with Crippen LogP contribution in [0.25, 0.3) is 10.6 Å². The fourth-order valence-corrected chi connectivity index (χ4v) is 5.65. The normalized spacial score (nSPS) is 21.0. The van der Waals surface area contributed by atoms with Gasteiger partial charge in [0.15, 0.2) is 5.01 Å². The van der Waals surface area contributed by atoms with Crippen LogP contribution in [-0.2, 0) is 9.59 Å². The molecule has 0 spiro atoms. The molecule has 2 saturated heterocycles. The van der Waals surface area contributed by atoms with Gasteiger partial charge in [0, 0.05) is 48.2 Å². The van der Waals surface area contributed by atoms with Crippen LogP contribution in [0.1, 0.15) is 30.2 Å². The number of hydrogen-bond donors (Lipinski definition) is 0. The Bertz CT molecular complexity index is 1190. The van der Waals surface area contributed by atoms with E-state index in [-0.39, 0.29) is 35.9 Å². The molecule has 2 amide bonds. The van der Waals surface area contributed by atoms with Crippen LogP contribution in [0.3, 0.4) is 0 Å². The summed E-state index contributed by atoms with van der Waals surface area (Å²) >= 11 is 7.33. The van der Waals surface area contributed by atoms with E-state index in [0.717, 1.165) is 23.5 Å². The summed E-state index contributed by atoms with van der Waals surface area (Å²) in [5.74, 6) is -0.677. The molecule has 33 heavy (non-hydrogen) atoms. The van der Waals surface area contributed by atoms with Crippen molar-refractivity contribution in [3.05, 3.63) is 64.4 Å². The maximum absolute atomic E-state index is 14.1. The number of halogens is 2. The van der Waals surface area contributed by atoms with Gasteiger partial charge < -0.3 is 9.80 Å². The van der Waals surface area contributed by atoms with E-state index in [1.165, 1.54) is 17.4 Å². The molecule has 0 unspecified atom stereocenters. The Hall–Kier alpha value is -2.84. The third kappa shape index (κ3) is 4.50. The molecule has 2 aliphatic heterocycles. The minimum Gasteiger partial charge on any atom is -0.342 e. The number of likely N-dealkylation sites (tertiary alicyclic amines) is 1. The summed E-state index contributed by atoms with van der Waals surface area (Å²) in [6.07, 6.45) is 1.96. The van der Waals surface area contributed by atoms with Crippen LogP contribution in [-0.4, -0.2) is 46.5 Å². The Balaban J connectivity index is 1.26. The molecule has 1 aromatic heterocycles. The van der Waals surface area contributed by atoms with Crippen molar-refractivity contribution < 1.29 is 14.0 Å². The molecule has 6 nitrogen and oxygen atoms in total. The van der Waals surface area contributed by atoms with Gasteiger partial charge in [-0.2, -0.15) is 0 Å². The van der Waals surface area contributed by atoms with E-state index >= 15 is 0 Å². The Labute approximate surface area is 200 Å². The van der Waals surface area contributed by atoms with Crippen LogP contribution in [0.5, 0.6) is 0 Å². The Kier molecular flexibility index (Phi) is 6.12. The highest BCUT2D eigenvalue weighted by molar-refractivity contribution is 7.14. The maximum atomic E-state index is 14.1. The topological polar surface area (TPSA) is 66.4 Å². The first-order valence-electron chi connectivity index (χ1n) is 10.9. The zero-order valence-corrected chi connectivity index (χ0v) is 19.4. The summed E-state index contributed by atoms with van der Waals surface area (Å²) in [6, 6.07) is 13.6. The predicted molar refractivity (Wildman–Crippen MR) is 126 cm³/mol. The number of benzene rings is 2. The summed E-state index contributed by atoms with van der Waals surface area (Å²) in [7, 11) is 0. The van der Waals surface area contributed by atoms with Gasteiger partial charge >= 0.3 is 0 Å². The number of aromatic nitrogens is 2. The number of carbonyl (C=O) groups is 2. The third-order valence-corrected chi connectivity index (χ3v) is 7.61. The second-order valence-electron chi connectivity index (χ2n) is 8.43. The molecule has 0 saturated carbocycles. The predicted octanol–water partition coefficient (Wildman–Crippen LogP) is 4.76. The highest BCUT2D eigenvalue weighted by Gasteiger charge is 2.39. The van der Waals surface area contributed by atoms with Crippen molar-refractivity contribution in [2.24, 2.45) is 5.92 Å². The molecular formula is C24H22ClFN4O2S. The van der Waals surface area contributed by atoms with Crippen molar-refractivity contribution >= 4 is 40.4 Å². The van der Waals surface area contributed by atoms with E-state index in [4.69, 9.17) is 11.6 Å². The number of piperidine rings is 1. The van der Waals surface area contributed by atoms with E-state index in [0.29, 0.717) is 35.2 Å². The molecule has 0 radical (unpaired) electrons. The second kappa shape index (κ2) is 9.19. The molecule has 2 aromatic carbocycles. The standard InChI is InChI=1S/C24H22ClFN4O2S/c25-17-7-9-18(10-8-17)30-14-16(12-21(30)31)24(32)29-11-3-4-15(13-29)22-27-28-23(33-22)19-5-1-2-6-20(19)26/h1-2,5-10,15-16H,3-4,11-14H2/t15-,16-/m0/s1. The third-order valence-electron chi connectivity index (χ3n) is 6.24. The molecule has 9 heteroatoms. The summed E-state index contributed by atoms with van der Waals surface area (Å²) in [4.78, 5) is 29.4. The van der Waals surface area contributed by atoms with Crippen molar-refractivity contribution in [3.63, 3.8) is 0 Å². The summed E-state index contributed by atoms with van der Waals surface area (Å²) in [5, 5.41) is 10.5. The minimum absolute atomic E-state index is 0.00311. The minimum atomic E-state index is -0.365. The second-order valence-corrected chi connectivity index (χ2v) is 9.88. The van der Waals surface area contributed by atoms with E-state index in [9.17, 15) is 14.0 Å². The Morgan fingerprint density at radius 3 is 2.67 bits per heavy atom. The van der Waals surface area contributed by atoms with Crippen molar-refractivity contribution in [2.75, 3.05) is 24.5 Å². The van der Waals surface area contributed by atoms with Crippen LogP contribution in [0.2, 0.25) is 5.02 Å². The number of rotatable bonds is 4. The number of carbonyl (C=O) groups excluding carboxylic acids is 2. The number of nitrogens with zero attached hydrogens (tertiary/aromatic N) is 4. The van der Waals surface area contributed by atoms with Crippen molar-refractivity contribution in [2.45, 2.75) is 25.2 Å². The Morgan fingerprint density at radius 2 is 1.88 bits per heavy atom. The summed E-state index contributed by atoms with van der Waals surface area (Å²) in [5.41, 5.74) is 1.20. The quantitative estimate of drug-likeness (QED) is 0.535.